The minimum absolute atomic E-state index is 0.0780. The number of hydrogen-bond acceptors (Lipinski definition) is 5. The second-order valence-electron chi connectivity index (χ2n) is 7.58. The van der Waals surface area contributed by atoms with Gasteiger partial charge in [-0.1, -0.05) is 0 Å². The molecule has 2 aliphatic heterocycles. The number of anilines is 1. The van der Waals surface area contributed by atoms with Gasteiger partial charge in [0, 0.05) is 31.9 Å². The van der Waals surface area contributed by atoms with Gasteiger partial charge < -0.3 is 29.1 Å². The molecule has 2 aromatic rings. The van der Waals surface area contributed by atoms with Gasteiger partial charge in [-0.2, -0.15) is 0 Å². The van der Waals surface area contributed by atoms with Gasteiger partial charge in [-0.15, -0.1) is 0 Å². The van der Waals surface area contributed by atoms with Crippen molar-refractivity contribution in [3.63, 3.8) is 0 Å². The largest absolute Gasteiger partial charge is 0.508 e. The SMILES string of the molecule is O=C(C[NH+]1CCN(C(=O)c2ccco2)CC1)N1CCN(c2ccc(O)cc2)CC1. The van der Waals surface area contributed by atoms with Gasteiger partial charge in [0.25, 0.3) is 11.8 Å². The first-order valence-corrected chi connectivity index (χ1v) is 10.1. The van der Waals surface area contributed by atoms with E-state index in [9.17, 15) is 14.7 Å². The Labute approximate surface area is 169 Å². The number of quaternary nitrogens is 1. The Morgan fingerprint density at radius 2 is 1.62 bits per heavy atom. The number of nitrogens with zero attached hydrogens (tertiary/aromatic N) is 3. The molecule has 1 aromatic carbocycles. The molecule has 4 rings (SSSR count). The fraction of sp³-hybridized carbons (Fsp3) is 0.429. The van der Waals surface area contributed by atoms with Crippen molar-refractivity contribution in [1.82, 2.24) is 9.80 Å². The first-order chi connectivity index (χ1) is 14.1. The predicted octanol–water partition coefficient (Wildman–Crippen LogP) is -0.325. The summed E-state index contributed by atoms with van der Waals surface area (Å²) in [5, 5.41) is 9.42. The lowest BCUT2D eigenvalue weighted by molar-refractivity contribution is -0.896. The fourth-order valence-electron chi connectivity index (χ4n) is 3.96. The second-order valence-corrected chi connectivity index (χ2v) is 7.58. The van der Waals surface area contributed by atoms with E-state index in [0.29, 0.717) is 38.5 Å². The molecule has 0 aliphatic carbocycles. The highest BCUT2D eigenvalue weighted by atomic mass is 16.3. The van der Waals surface area contributed by atoms with E-state index in [1.54, 1.807) is 29.2 Å². The third kappa shape index (κ3) is 4.54. The van der Waals surface area contributed by atoms with Crippen LogP contribution in [-0.2, 0) is 4.79 Å². The van der Waals surface area contributed by atoms with Gasteiger partial charge in [0.1, 0.15) is 5.75 Å². The van der Waals surface area contributed by atoms with Crippen LogP contribution in [0.2, 0.25) is 0 Å². The van der Waals surface area contributed by atoms with E-state index >= 15 is 0 Å². The summed E-state index contributed by atoms with van der Waals surface area (Å²) >= 11 is 0. The molecule has 2 N–H and O–H groups in total. The number of furan rings is 1. The maximum Gasteiger partial charge on any atom is 0.289 e. The van der Waals surface area contributed by atoms with Crippen molar-refractivity contribution in [3.05, 3.63) is 48.4 Å². The van der Waals surface area contributed by atoms with Crippen LogP contribution in [-0.4, -0.2) is 85.6 Å². The fourth-order valence-corrected chi connectivity index (χ4v) is 3.96. The van der Waals surface area contributed by atoms with E-state index in [1.807, 2.05) is 17.0 Å². The first-order valence-electron chi connectivity index (χ1n) is 10.1. The summed E-state index contributed by atoms with van der Waals surface area (Å²) in [5.74, 6) is 0.731. The van der Waals surface area contributed by atoms with Gasteiger partial charge in [-0.25, -0.2) is 0 Å². The number of aromatic hydroxyl groups is 1. The van der Waals surface area contributed by atoms with Crippen LogP contribution in [0.4, 0.5) is 5.69 Å². The number of carbonyl (C=O) groups excluding carboxylic acids is 2. The Kier molecular flexibility index (Phi) is 5.71. The Morgan fingerprint density at radius 1 is 0.931 bits per heavy atom. The van der Waals surface area contributed by atoms with Crippen LogP contribution in [0, 0.1) is 0 Å². The number of carbonyl (C=O) groups is 2. The quantitative estimate of drug-likeness (QED) is 0.736. The summed E-state index contributed by atoms with van der Waals surface area (Å²) < 4.78 is 5.19. The van der Waals surface area contributed by atoms with Gasteiger partial charge in [0.15, 0.2) is 12.3 Å². The third-order valence-electron chi connectivity index (χ3n) is 5.74. The number of amides is 2. The summed E-state index contributed by atoms with van der Waals surface area (Å²) in [7, 11) is 0. The summed E-state index contributed by atoms with van der Waals surface area (Å²) in [5.41, 5.74) is 1.07. The average molecular weight is 399 g/mol. The highest BCUT2D eigenvalue weighted by Crippen LogP contribution is 2.19. The van der Waals surface area contributed by atoms with Crippen LogP contribution < -0.4 is 9.80 Å². The molecule has 29 heavy (non-hydrogen) atoms. The van der Waals surface area contributed by atoms with Crippen molar-refractivity contribution >= 4 is 17.5 Å². The lowest BCUT2D eigenvalue weighted by Crippen LogP contribution is -3.15. The molecule has 0 spiro atoms. The van der Waals surface area contributed by atoms with Crippen LogP contribution in [0.5, 0.6) is 5.75 Å². The Balaban J connectivity index is 1.21. The molecule has 0 saturated carbocycles. The number of piperazine rings is 2. The Bertz CT molecular complexity index is 821. The molecule has 3 heterocycles. The van der Waals surface area contributed by atoms with E-state index in [0.717, 1.165) is 31.9 Å². The zero-order valence-electron chi connectivity index (χ0n) is 16.4. The molecule has 2 saturated heterocycles. The van der Waals surface area contributed by atoms with Crippen LogP contribution in [0.3, 0.4) is 0 Å². The van der Waals surface area contributed by atoms with Crippen molar-refractivity contribution in [2.45, 2.75) is 0 Å². The zero-order valence-corrected chi connectivity index (χ0v) is 16.4. The highest BCUT2D eigenvalue weighted by Gasteiger charge is 2.29. The Hall–Kier alpha value is -3.00. The van der Waals surface area contributed by atoms with Crippen molar-refractivity contribution in [2.75, 3.05) is 63.8 Å². The van der Waals surface area contributed by atoms with E-state index in [4.69, 9.17) is 4.42 Å². The van der Waals surface area contributed by atoms with E-state index in [1.165, 1.54) is 11.2 Å². The van der Waals surface area contributed by atoms with Gasteiger partial charge >= 0.3 is 0 Å². The molecule has 0 bridgehead atoms. The molecule has 0 atom stereocenters. The smallest absolute Gasteiger partial charge is 0.289 e. The van der Waals surface area contributed by atoms with E-state index < -0.39 is 0 Å². The molecule has 0 radical (unpaired) electrons. The first kappa shape index (κ1) is 19.3. The number of phenols is 1. The molecular weight excluding hydrogens is 372 g/mol. The summed E-state index contributed by atoms with van der Waals surface area (Å²) in [4.78, 5) is 32.2. The van der Waals surface area contributed by atoms with Gasteiger partial charge in [-0.3, -0.25) is 9.59 Å². The molecule has 2 amide bonds. The zero-order chi connectivity index (χ0) is 20.2. The van der Waals surface area contributed by atoms with Crippen molar-refractivity contribution < 1.29 is 24.0 Å². The Morgan fingerprint density at radius 3 is 2.24 bits per heavy atom. The standard InChI is InChI=1S/C21H26N4O4/c26-18-5-3-17(4-6-18)23-11-13-24(14-12-23)20(27)16-22-7-9-25(10-8-22)21(28)19-2-1-15-29-19/h1-6,15,26H,7-14,16H2/p+1. The summed E-state index contributed by atoms with van der Waals surface area (Å²) in [6, 6.07) is 10.6. The van der Waals surface area contributed by atoms with E-state index in [2.05, 4.69) is 4.90 Å². The lowest BCUT2D eigenvalue weighted by atomic mass is 10.2. The number of benzene rings is 1. The molecule has 1 aromatic heterocycles. The summed E-state index contributed by atoms with van der Waals surface area (Å²) in [6.45, 7) is 6.27. The minimum Gasteiger partial charge on any atom is -0.508 e. The number of hydrogen-bond donors (Lipinski definition) is 2. The molecule has 0 unspecified atom stereocenters. The maximum atomic E-state index is 12.7. The number of rotatable bonds is 4. The van der Waals surface area contributed by atoms with Crippen molar-refractivity contribution in [3.8, 4) is 5.75 Å². The van der Waals surface area contributed by atoms with Gasteiger partial charge in [0.2, 0.25) is 0 Å². The van der Waals surface area contributed by atoms with Crippen LogP contribution >= 0.6 is 0 Å². The molecule has 2 fully saturated rings. The lowest BCUT2D eigenvalue weighted by Gasteiger charge is -2.37. The van der Waals surface area contributed by atoms with Gasteiger partial charge in [-0.05, 0) is 36.4 Å². The predicted molar refractivity (Wildman–Crippen MR) is 107 cm³/mol. The molecule has 154 valence electrons. The minimum atomic E-state index is -0.0780. The maximum absolute atomic E-state index is 12.7. The van der Waals surface area contributed by atoms with Crippen LogP contribution in [0.25, 0.3) is 0 Å². The molecule has 2 aliphatic rings. The van der Waals surface area contributed by atoms with Crippen molar-refractivity contribution in [2.24, 2.45) is 0 Å². The topological polar surface area (TPSA) is 81.7 Å². The normalized spacial score (nSPS) is 18.1. The van der Waals surface area contributed by atoms with Crippen LogP contribution in [0.15, 0.2) is 47.1 Å². The molecular formula is C21H27N4O4+. The van der Waals surface area contributed by atoms with Crippen LogP contribution in [0.1, 0.15) is 10.6 Å². The third-order valence-corrected chi connectivity index (χ3v) is 5.74. The van der Waals surface area contributed by atoms with E-state index in [-0.39, 0.29) is 17.6 Å². The van der Waals surface area contributed by atoms with Crippen molar-refractivity contribution in [1.29, 1.82) is 0 Å². The van der Waals surface area contributed by atoms with Gasteiger partial charge in [0.05, 0.1) is 32.4 Å². The molecule has 8 nitrogen and oxygen atoms in total. The number of nitrogens with one attached hydrogen (secondary N) is 1. The monoisotopic (exact) mass is 399 g/mol. The average Bonchev–Trinajstić information content (AvgIpc) is 3.29. The molecule has 8 heteroatoms. The second kappa shape index (κ2) is 8.57. The number of phenolic OH excluding ortho intramolecular Hbond substituents is 1. The highest BCUT2D eigenvalue weighted by molar-refractivity contribution is 5.91. The summed E-state index contributed by atoms with van der Waals surface area (Å²) in [6.07, 6.45) is 1.51.